The first-order valence-corrected chi connectivity index (χ1v) is 5.60. The molecule has 0 fully saturated rings. The fourth-order valence-electron chi connectivity index (χ4n) is 1.35. The van der Waals surface area contributed by atoms with Crippen molar-refractivity contribution >= 4 is 23.6 Å². The molecule has 0 aromatic heterocycles. The van der Waals surface area contributed by atoms with Crippen LogP contribution >= 0.6 is 0 Å². The number of carboxylic acids is 1. The molecule has 112 valence electrons. The third kappa shape index (κ3) is 4.23. The standard InChI is InChI=1S/C13H13NO7/c1-20-11(16)6-9(13(19)21-2)14-8-5-7(12(17)18)3-4-10(8)15/h3-6,14-15H,1-2H3,(H,17,18)/b9-6+. The number of anilines is 1. The third-order valence-electron chi connectivity index (χ3n) is 2.38. The molecular weight excluding hydrogens is 282 g/mol. The summed E-state index contributed by atoms with van der Waals surface area (Å²) in [5, 5.41) is 21.0. The van der Waals surface area contributed by atoms with E-state index in [1.165, 1.54) is 6.07 Å². The molecule has 0 aliphatic rings. The van der Waals surface area contributed by atoms with Crippen molar-refractivity contribution in [3.05, 3.63) is 35.5 Å². The molecule has 8 nitrogen and oxygen atoms in total. The summed E-state index contributed by atoms with van der Waals surface area (Å²) in [5.74, 6) is -3.23. The molecular formula is C13H13NO7. The summed E-state index contributed by atoms with van der Waals surface area (Å²) in [7, 11) is 2.22. The molecule has 0 radical (unpaired) electrons. The number of carboxylic acid groups (broad SMARTS) is 1. The highest BCUT2D eigenvalue weighted by Crippen LogP contribution is 2.25. The van der Waals surface area contributed by atoms with E-state index in [1.807, 2.05) is 0 Å². The zero-order valence-electron chi connectivity index (χ0n) is 11.2. The van der Waals surface area contributed by atoms with Crippen LogP contribution in [0.1, 0.15) is 10.4 Å². The van der Waals surface area contributed by atoms with Gasteiger partial charge in [-0.15, -0.1) is 0 Å². The van der Waals surface area contributed by atoms with Gasteiger partial charge in [0.25, 0.3) is 0 Å². The van der Waals surface area contributed by atoms with Gasteiger partial charge in [0.05, 0.1) is 31.5 Å². The predicted octanol–water partition coefficient (Wildman–Crippen LogP) is 0.732. The number of esters is 2. The van der Waals surface area contributed by atoms with Crippen LogP contribution in [0.25, 0.3) is 0 Å². The van der Waals surface area contributed by atoms with E-state index in [2.05, 4.69) is 14.8 Å². The number of hydrogen-bond acceptors (Lipinski definition) is 7. The van der Waals surface area contributed by atoms with E-state index in [-0.39, 0.29) is 22.7 Å². The molecule has 3 N–H and O–H groups in total. The average Bonchev–Trinajstić information content (AvgIpc) is 2.47. The summed E-state index contributed by atoms with van der Waals surface area (Å²) in [6.07, 6.45) is 0.818. The van der Waals surface area contributed by atoms with Gasteiger partial charge >= 0.3 is 17.9 Å². The number of aromatic carboxylic acids is 1. The van der Waals surface area contributed by atoms with Crippen LogP contribution in [-0.2, 0) is 19.1 Å². The zero-order valence-corrected chi connectivity index (χ0v) is 11.2. The number of rotatable bonds is 5. The lowest BCUT2D eigenvalue weighted by Crippen LogP contribution is -2.15. The summed E-state index contributed by atoms with van der Waals surface area (Å²) in [6, 6.07) is 3.43. The fourth-order valence-corrected chi connectivity index (χ4v) is 1.35. The van der Waals surface area contributed by atoms with Crippen LogP contribution in [0, 0.1) is 0 Å². The Morgan fingerprint density at radius 1 is 1.19 bits per heavy atom. The second kappa shape index (κ2) is 6.94. The number of nitrogens with one attached hydrogen (secondary N) is 1. The largest absolute Gasteiger partial charge is 0.506 e. The minimum atomic E-state index is -1.21. The minimum absolute atomic E-state index is 0.0737. The lowest BCUT2D eigenvalue weighted by atomic mass is 10.2. The van der Waals surface area contributed by atoms with Crippen molar-refractivity contribution in [2.75, 3.05) is 19.5 Å². The Kier molecular flexibility index (Phi) is 5.30. The number of methoxy groups -OCH3 is 2. The van der Waals surface area contributed by atoms with E-state index in [1.54, 1.807) is 0 Å². The summed E-state index contributed by atoms with van der Waals surface area (Å²) >= 11 is 0. The highest BCUT2D eigenvalue weighted by atomic mass is 16.5. The number of benzene rings is 1. The average molecular weight is 295 g/mol. The quantitative estimate of drug-likeness (QED) is 0.413. The van der Waals surface area contributed by atoms with Gasteiger partial charge < -0.3 is 25.0 Å². The molecule has 1 aromatic carbocycles. The van der Waals surface area contributed by atoms with Crippen molar-refractivity contribution in [2.45, 2.75) is 0 Å². The predicted molar refractivity (Wildman–Crippen MR) is 70.8 cm³/mol. The first-order chi connectivity index (χ1) is 9.88. The molecule has 1 rings (SSSR count). The normalized spacial score (nSPS) is 10.7. The van der Waals surface area contributed by atoms with Crippen molar-refractivity contribution in [1.29, 1.82) is 0 Å². The Hall–Kier alpha value is -3.03. The lowest BCUT2D eigenvalue weighted by molar-refractivity contribution is -0.138. The van der Waals surface area contributed by atoms with Crippen molar-refractivity contribution in [1.82, 2.24) is 0 Å². The first kappa shape index (κ1) is 16.0. The maximum atomic E-state index is 11.5. The Morgan fingerprint density at radius 2 is 1.86 bits per heavy atom. The Balaban J connectivity index is 3.17. The number of aromatic hydroxyl groups is 1. The molecule has 0 saturated heterocycles. The Bertz CT molecular complexity index is 607. The molecule has 21 heavy (non-hydrogen) atoms. The van der Waals surface area contributed by atoms with Gasteiger partial charge in [0.15, 0.2) is 0 Å². The maximum absolute atomic E-state index is 11.5. The van der Waals surface area contributed by atoms with Gasteiger partial charge in [-0.05, 0) is 18.2 Å². The van der Waals surface area contributed by atoms with Gasteiger partial charge in [0.1, 0.15) is 11.4 Å². The van der Waals surface area contributed by atoms with Gasteiger partial charge in [-0.2, -0.15) is 0 Å². The van der Waals surface area contributed by atoms with Crippen LogP contribution in [0.3, 0.4) is 0 Å². The smallest absolute Gasteiger partial charge is 0.354 e. The van der Waals surface area contributed by atoms with Gasteiger partial charge in [-0.3, -0.25) is 0 Å². The van der Waals surface area contributed by atoms with E-state index in [4.69, 9.17) is 5.11 Å². The fraction of sp³-hybridized carbons (Fsp3) is 0.154. The van der Waals surface area contributed by atoms with E-state index < -0.39 is 17.9 Å². The van der Waals surface area contributed by atoms with Crippen molar-refractivity contribution in [2.24, 2.45) is 0 Å². The molecule has 0 bridgehead atoms. The molecule has 0 spiro atoms. The summed E-state index contributed by atoms with van der Waals surface area (Å²) < 4.78 is 8.86. The summed E-state index contributed by atoms with van der Waals surface area (Å²) in [6.45, 7) is 0. The number of carbonyl (C=O) groups excluding carboxylic acids is 2. The van der Waals surface area contributed by atoms with Crippen LogP contribution in [0.15, 0.2) is 30.0 Å². The molecule has 0 aliphatic heterocycles. The molecule has 0 heterocycles. The van der Waals surface area contributed by atoms with E-state index in [0.29, 0.717) is 0 Å². The van der Waals surface area contributed by atoms with Crippen molar-refractivity contribution in [3.8, 4) is 5.75 Å². The third-order valence-corrected chi connectivity index (χ3v) is 2.38. The SMILES string of the molecule is COC(=O)/C=C(/Nc1cc(C(=O)O)ccc1O)C(=O)OC. The van der Waals surface area contributed by atoms with E-state index in [0.717, 1.165) is 32.4 Å². The van der Waals surface area contributed by atoms with Crippen LogP contribution in [-0.4, -0.2) is 42.3 Å². The number of phenols is 1. The zero-order chi connectivity index (χ0) is 16.0. The first-order valence-electron chi connectivity index (χ1n) is 5.60. The van der Waals surface area contributed by atoms with Crippen LogP contribution in [0.4, 0.5) is 5.69 Å². The van der Waals surface area contributed by atoms with Crippen LogP contribution in [0.5, 0.6) is 5.75 Å². The van der Waals surface area contributed by atoms with Gasteiger partial charge in [-0.1, -0.05) is 0 Å². The second-order valence-electron chi connectivity index (χ2n) is 3.73. The monoisotopic (exact) mass is 295 g/mol. The highest BCUT2D eigenvalue weighted by molar-refractivity contribution is 5.99. The summed E-state index contributed by atoms with van der Waals surface area (Å²) in [4.78, 5) is 33.6. The number of carbonyl (C=O) groups is 3. The summed E-state index contributed by atoms with van der Waals surface area (Å²) in [5.41, 5.74) is -0.504. The topological polar surface area (TPSA) is 122 Å². The van der Waals surface area contributed by atoms with Crippen LogP contribution < -0.4 is 5.32 Å². The molecule has 0 aliphatic carbocycles. The highest BCUT2D eigenvalue weighted by Gasteiger charge is 2.15. The molecule has 0 saturated carbocycles. The minimum Gasteiger partial charge on any atom is -0.506 e. The van der Waals surface area contributed by atoms with E-state index in [9.17, 15) is 19.5 Å². The van der Waals surface area contributed by atoms with Crippen LogP contribution in [0.2, 0.25) is 0 Å². The van der Waals surface area contributed by atoms with Gasteiger partial charge in [0.2, 0.25) is 0 Å². The van der Waals surface area contributed by atoms with E-state index >= 15 is 0 Å². The number of phenolic OH excluding ortho intramolecular Hbond substituents is 1. The maximum Gasteiger partial charge on any atom is 0.354 e. The molecule has 8 heteroatoms. The molecule has 0 unspecified atom stereocenters. The number of hydrogen-bond donors (Lipinski definition) is 3. The number of ether oxygens (including phenoxy) is 2. The lowest BCUT2D eigenvalue weighted by Gasteiger charge is -2.11. The van der Waals surface area contributed by atoms with Crippen molar-refractivity contribution in [3.63, 3.8) is 0 Å². The molecule has 0 atom stereocenters. The second-order valence-corrected chi connectivity index (χ2v) is 3.73. The Labute approximate surface area is 119 Å². The van der Waals surface area contributed by atoms with Gasteiger partial charge in [-0.25, -0.2) is 14.4 Å². The van der Waals surface area contributed by atoms with Gasteiger partial charge in [0, 0.05) is 0 Å². The Morgan fingerprint density at radius 3 is 2.38 bits per heavy atom. The molecule has 0 amide bonds. The molecule has 1 aromatic rings. The van der Waals surface area contributed by atoms with Crippen molar-refractivity contribution < 1.29 is 34.1 Å².